The summed E-state index contributed by atoms with van der Waals surface area (Å²) in [6.07, 6.45) is -0.0759. The zero-order valence-electron chi connectivity index (χ0n) is 24.5. The monoisotopic (exact) mass is 555 g/mol. The van der Waals surface area contributed by atoms with E-state index in [0.29, 0.717) is 43.4 Å². The Bertz CT molecular complexity index is 1080. The maximum Gasteiger partial charge on any atom is 0.254 e. The van der Waals surface area contributed by atoms with Gasteiger partial charge in [0.15, 0.2) is 11.5 Å². The van der Waals surface area contributed by atoms with E-state index in [4.69, 9.17) is 14.2 Å². The quantitative estimate of drug-likeness (QED) is 0.326. The third kappa shape index (κ3) is 8.68. The first kappa shape index (κ1) is 31.4. The van der Waals surface area contributed by atoms with Crippen LogP contribution in [0.3, 0.4) is 0 Å². The molecule has 1 saturated heterocycles. The highest BCUT2D eigenvalue weighted by Crippen LogP contribution is 2.30. The summed E-state index contributed by atoms with van der Waals surface area (Å²) in [4.78, 5) is 30.1. The molecule has 0 radical (unpaired) electrons. The molecule has 0 saturated carbocycles. The molecule has 0 aliphatic carbocycles. The lowest BCUT2D eigenvalue weighted by Crippen LogP contribution is -2.45. The SMILES string of the molecule is COCCCOc1cc(C(=O)N(C[C@@H]2CNC[C@H]2CN(C)C(=O)C(O)Cc2ccccc2)C(C)C)ccc1OC. The largest absolute Gasteiger partial charge is 0.493 e. The van der Waals surface area contributed by atoms with Crippen molar-refractivity contribution in [2.75, 3.05) is 60.7 Å². The van der Waals surface area contributed by atoms with Crippen LogP contribution >= 0.6 is 0 Å². The zero-order chi connectivity index (χ0) is 29.1. The summed E-state index contributed by atoms with van der Waals surface area (Å²) in [5.41, 5.74) is 1.46. The summed E-state index contributed by atoms with van der Waals surface area (Å²) in [6, 6.07) is 14.8. The van der Waals surface area contributed by atoms with Gasteiger partial charge in [0.25, 0.3) is 11.8 Å². The van der Waals surface area contributed by atoms with E-state index in [0.717, 1.165) is 25.1 Å². The van der Waals surface area contributed by atoms with Crippen molar-refractivity contribution in [2.24, 2.45) is 11.8 Å². The molecule has 1 aliphatic heterocycles. The Balaban J connectivity index is 1.65. The number of aliphatic hydroxyl groups excluding tert-OH is 1. The smallest absolute Gasteiger partial charge is 0.254 e. The van der Waals surface area contributed by atoms with Gasteiger partial charge >= 0.3 is 0 Å². The first-order valence-electron chi connectivity index (χ1n) is 14.0. The van der Waals surface area contributed by atoms with E-state index in [2.05, 4.69) is 5.32 Å². The second kappa shape index (κ2) is 15.6. The first-order chi connectivity index (χ1) is 19.2. The summed E-state index contributed by atoms with van der Waals surface area (Å²) < 4.78 is 16.4. The fourth-order valence-electron chi connectivity index (χ4n) is 5.09. The van der Waals surface area contributed by atoms with Crippen molar-refractivity contribution >= 4 is 11.8 Å². The lowest BCUT2D eigenvalue weighted by molar-refractivity contribution is -0.139. The fourth-order valence-corrected chi connectivity index (χ4v) is 5.09. The number of benzene rings is 2. The van der Waals surface area contributed by atoms with Gasteiger partial charge in [-0.2, -0.15) is 0 Å². The summed E-state index contributed by atoms with van der Waals surface area (Å²) in [5, 5.41) is 14.0. The van der Waals surface area contributed by atoms with Crippen molar-refractivity contribution in [3.05, 3.63) is 59.7 Å². The number of methoxy groups -OCH3 is 2. The standard InChI is InChI=1S/C31H45N3O6/c1-22(2)34(30(36)24-12-13-28(39-5)29(17-24)40-15-9-14-38-4)21-26-19-32-18-25(26)20-33(3)31(37)27(35)16-23-10-7-6-8-11-23/h6-8,10-13,17,22,25-27,32,35H,9,14-16,18-21H2,1-5H3/t25-,26-,27?/m0/s1. The molecule has 1 fully saturated rings. The number of nitrogens with one attached hydrogen (secondary N) is 1. The molecule has 9 nitrogen and oxygen atoms in total. The summed E-state index contributed by atoms with van der Waals surface area (Å²) in [5.74, 6) is 1.06. The van der Waals surface area contributed by atoms with Crippen molar-refractivity contribution in [1.82, 2.24) is 15.1 Å². The van der Waals surface area contributed by atoms with Gasteiger partial charge in [0, 0.05) is 71.4 Å². The highest BCUT2D eigenvalue weighted by Gasteiger charge is 2.34. The van der Waals surface area contributed by atoms with Crippen molar-refractivity contribution in [3.8, 4) is 11.5 Å². The second-order valence-corrected chi connectivity index (χ2v) is 10.7. The summed E-state index contributed by atoms with van der Waals surface area (Å²) in [7, 11) is 4.97. The number of aliphatic hydroxyl groups is 1. The van der Waals surface area contributed by atoms with Crippen LogP contribution in [0, 0.1) is 11.8 Å². The Morgan fingerprint density at radius 1 is 1.00 bits per heavy atom. The molecule has 1 aliphatic rings. The topological polar surface area (TPSA) is 101 Å². The minimum absolute atomic E-state index is 0.0195. The number of carbonyl (C=O) groups is 2. The van der Waals surface area contributed by atoms with E-state index in [1.165, 1.54) is 0 Å². The minimum atomic E-state index is -1.09. The molecule has 1 heterocycles. The van der Waals surface area contributed by atoms with E-state index in [1.807, 2.05) is 49.1 Å². The Kier molecular flexibility index (Phi) is 12.2. The molecule has 9 heteroatoms. The molecule has 220 valence electrons. The number of ether oxygens (including phenoxy) is 3. The highest BCUT2D eigenvalue weighted by atomic mass is 16.5. The van der Waals surface area contributed by atoms with Crippen molar-refractivity contribution in [2.45, 2.75) is 38.8 Å². The number of likely N-dealkylation sites (N-methyl/N-ethyl adjacent to an activating group) is 1. The zero-order valence-corrected chi connectivity index (χ0v) is 24.5. The Morgan fingerprint density at radius 2 is 1.70 bits per heavy atom. The predicted octanol–water partition coefficient (Wildman–Crippen LogP) is 2.86. The van der Waals surface area contributed by atoms with Crippen LogP contribution in [0.15, 0.2) is 48.5 Å². The Labute approximate surface area is 238 Å². The minimum Gasteiger partial charge on any atom is -0.493 e. The number of nitrogens with zero attached hydrogens (tertiary/aromatic N) is 2. The van der Waals surface area contributed by atoms with Crippen LogP contribution in [0.25, 0.3) is 0 Å². The number of hydrogen-bond acceptors (Lipinski definition) is 7. The molecule has 2 amide bonds. The van der Waals surface area contributed by atoms with Crippen LogP contribution in [-0.4, -0.2) is 99.5 Å². The highest BCUT2D eigenvalue weighted by molar-refractivity contribution is 5.95. The summed E-state index contributed by atoms with van der Waals surface area (Å²) >= 11 is 0. The van der Waals surface area contributed by atoms with E-state index >= 15 is 0 Å². The average molecular weight is 556 g/mol. The molecule has 0 spiro atoms. The van der Waals surface area contributed by atoms with Crippen LogP contribution in [0.1, 0.15) is 36.2 Å². The van der Waals surface area contributed by atoms with Gasteiger partial charge in [-0.25, -0.2) is 0 Å². The van der Waals surface area contributed by atoms with Gasteiger partial charge < -0.3 is 34.4 Å². The van der Waals surface area contributed by atoms with Crippen LogP contribution in [0.2, 0.25) is 0 Å². The molecule has 2 N–H and O–H groups in total. The van der Waals surface area contributed by atoms with Gasteiger partial charge in [-0.05, 0) is 49.4 Å². The van der Waals surface area contributed by atoms with Gasteiger partial charge in [0.2, 0.25) is 0 Å². The third-order valence-electron chi connectivity index (χ3n) is 7.40. The van der Waals surface area contributed by atoms with E-state index in [-0.39, 0.29) is 36.1 Å². The van der Waals surface area contributed by atoms with E-state index in [9.17, 15) is 14.7 Å². The van der Waals surface area contributed by atoms with Crippen molar-refractivity contribution in [1.29, 1.82) is 0 Å². The fraction of sp³-hybridized carbons (Fsp3) is 0.548. The molecule has 0 aromatic heterocycles. The van der Waals surface area contributed by atoms with Crippen molar-refractivity contribution < 1.29 is 28.9 Å². The summed E-state index contributed by atoms with van der Waals surface area (Å²) in [6.45, 7) is 7.63. The molecule has 3 rings (SSSR count). The lowest BCUT2D eigenvalue weighted by atomic mass is 9.93. The Morgan fingerprint density at radius 3 is 2.35 bits per heavy atom. The molecule has 2 aromatic carbocycles. The van der Waals surface area contributed by atoms with Gasteiger partial charge in [-0.1, -0.05) is 30.3 Å². The molecule has 0 bridgehead atoms. The van der Waals surface area contributed by atoms with E-state index < -0.39 is 6.10 Å². The number of rotatable bonds is 15. The third-order valence-corrected chi connectivity index (χ3v) is 7.40. The predicted molar refractivity (Wildman–Crippen MR) is 155 cm³/mol. The maximum atomic E-state index is 13.7. The molecule has 3 atom stereocenters. The van der Waals surface area contributed by atoms with E-state index in [1.54, 1.807) is 44.4 Å². The number of carbonyl (C=O) groups excluding carboxylic acids is 2. The number of amides is 2. The maximum absolute atomic E-state index is 13.7. The van der Waals surface area contributed by atoms with Crippen LogP contribution in [0.4, 0.5) is 0 Å². The second-order valence-electron chi connectivity index (χ2n) is 10.7. The van der Waals surface area contributed by atoms with Gasteiger partial charge in [0.1, 0.15) is 6.10 Å². The first-order valence-corrected chi connectivity index (χ1v) is 14.0. The van der Waals surface area contributed by atoms with Crippen LogP contribution < -0.4 is 14.8 Å². The molecular weight excluding hydrogens is 510 g/mol. The average Bonchev–Trinajstić information content (AvgIpc) is 3.39. The lowest BCUT2D eigenvalue weighted by Gasteiger charge is -2.33. The molecule has 2 aromatic rings. The van der Waals surface area contributed by atoms with Gasteiger partial charge in [-0.15, -0.1) is 0 Å². The number of hydrogen-bond donors (Lipinski definition) is 2. The van der Waals surface area contributed by atoms with Gasteiger partial charge in [-0.3, -0.25) is 9.59 Å². The molecule has 40 heavy (non-hydrogen) atoms. The molecule has 1 unspecified atom stereocenters. The van der Waals surface area contributed by atoms with Crippen LogP contribution in [-0.2, 0) is 16.0 Å². The van der Waals surface area contributed by atoms with Crippen LogP contribution in [0.5, 0.6) is 11.5 Å². The van der Waals surface area contributed by atoms with Crippen molar-refractivity contribution in [3.63, 3.8) is 0 Å². The van der Waals surface area contributed by atoms with Gasteiger partial charge in [0.05, 0.1) is 13.7 Å². The normalized spacial score (nSPS) is 17.5. The Hall–Kier alpha value is -3.14. The molecular formula is C31H45N3O6.